The van der Waals surface area contributed by atoms with Gasteiger partial charge in [-0.3, -0.25) is 9.59 Å². The Morgan fingerprint density at radius 2 is 1.73 bits per heavy atom. The third kappa shape index (κ3) is 11.2. The number of carbonyl (C=O) groups is 3. The van der Waals surface area contributed by atoms with Crippen LogP contribution in [-0.2, 0) is 19.1 Å². The van der Waals surface area contributed by atoms with Crippen molar-refractivity contribution in [1.82, 2.24) is 9.88 Å². The van der Waals surface area contributed by atoms with Crippen molar-refractivity contribution in [3.63, 3.8) is 0 Å². The molecule has 1 aromatic carbocycles. The minimum absolute atomic E-state index is 0.00429. The molecule has 19 heteroatoms. The van der Waals surface area contributed by atoms with Crippen molar-refractivity contribution in [3.8, 4) is 5.75 Å². The SMILES string of the molecule is COC[C@H]1O[C@@H](Oc2cc(Br)cc(C(=O)Nc3ccc(Cl)cn3)c2NC(=O)C2CCN(C(C)C)CC2)[C@H](O)[C@@H](O)[C@@H]1O.O=C(O)C(F)(F)F. The number of carbonyl (C=O) groups excluding carboxylic acids is 2. The fourth-order valence-electron chi connectivity index (χ4n) is 4.96. The third-order valence-corrected chi connectivity index (χ3v) is 8.33. The summed E-state index contributed by atoms with van der Waals surface area (Å²) in [6.07, 6.45) is -9.56. The van der Waals surface area contributed by atoms with Crippen LogP contribution in [0.3, 0.4) is 0 Å². The first-order valence-corrected chi connectivity index (χ1v) is 16.1. The summed E-state index contributed by atoms with van der Waals surface area (Å²) in [7, 11) is 1.40. The average Bonchev–Trinajstić information content (AvgIpc) is 3.04. The molecule has 0 unspecified atom stereocenters. The summed E-state index contributed by atoms with van der Waals surface area (Å²) in [5.41, 5.74) is 0.0871. The number of benzene rings is 1. The summed E-state index contributed by atoms with van der Waals surface area (Å²) < 4.78 is 48.9. The van der Waals surface area contributed by atoms with Crippen LogP contribution in [0.15, 0.2) is 34.9 Å². The molecule has 0 saturated carbocycles. The van der Waals surface area contributed by atoms with Crippen LogP contribution < -0.4 is 15.4 Å². The monoisotopic (exact) mass is 784 g/mol. The van der Waals surface area contributed by atoms with Crippen LogP contribution in [0.1, 0.15) is 37.0 Å². The van der Waals surface area contributed by atoms with Gasteiger partial charge in [0.25, 0.3) is 5.91 Å². The molecule has 2 aromatic rings. The number of hydrogen-bond donors (Lipinski definition) is 6. The summed E-state index contributed by atoms with van der Waals surface area (Å²) in [5, 5.41) is 44.5. The fraction of sp³-hybridized carbons (Fsp3) is 0.533. The van der Waals surface area contributed by atoms with Crippen molar-refractivity contribution in [2.75, 3.05) is 37.4 Å². The van der Waals surface area contributed by atoms with Gasteiger partial charge in [0.2, 0.25) is 12.2 Å². The number of aliphatic hydroxyl groups is 3. The molecule has 2 aliphatic heterocycles. The van der Waals surface area contributed by atoms with E-state index in [-0.39, 0.29) is 41.3 Å². The van der Waals surface area contributed by atoms with E-state index in [1.165, 1.54) is 31.5 Å². The summed E-state index contributed by atoms with van der Waals surface area (Å²) >= 11 is 9.31. The molecule has 2 fully saturated rings. The predicted octanol–water partition coefficient (Wildman–Crippen LogP) is 3.27. The number of likely N-dealkylation sites (tertiary alicyclic amines) is 1. The Kier molecular flexibility index (Phi) is 14.6. The van der Waals surface area contributed by atoms with Gasteiger partial charge < -0.3 is 50.2 Å². The van der Waals surface area contributed by atoms with E-state index in [0.717, 1.165) is 13.1 Å². The number of carboxylic acids is 1. The molecule has 1 aromatic heterocycles. The van der Waals surface area contributed by atoms with Gasteiger partial charge in [0.05, 0.1) is 22.9 Å². The van der Waals surface area contributed by atoms with Crippen LogP contribution in [0, 0.1) is 5.92 Å². The zero-order valence-corrected chi connectivity index (χ0v) is 28.8. The first-order chi connectivity index (χ1) is 22.9. The highest BCUT2D eigenvalue weighted by molar-refractivity contribution is 9.10. The highest BCUT2D eigenvalue weighted by Gasteiger charge is 2.45. The minimum Gasteiger partial charge on any atom is -0.475 e. The molecule has 0 bridgehead atoms. The molecule has 3 heterocycles. The topological polar surface area (TPSA) is 200 Å². The predicted molar refractivity (Wildman–Crippen MR) is 172 cm³/mol. The van der Waals surface area contributed by atoms with Gasteiger partial charge in [0, 0.05) is 29.7 Å². The number of anilines is 2. The van der Waals surface area contributed by atoms with Gasteiger partial charge in [0.15, 0.2) is 0 Å². The fourth-order valence-corrected chi connectivity index (χ4v) is 5.51. The molecule has 0 spiro atoms. The van der Waals surface area contributed by atoms with E-state index in [4.69, 9.17) is 35.7 Å². The quantitative estimate of drug-likeness (QED) is 0.217. The number of ether oxygens (including phenoxy) is 3. The molecule has 0 aliphatic carbocycles. The van der Waals surface area contributed by atoms with E-state index in [9.17, 15) is 38.1 Å². The number of alkyl halides is 3. The van der Waals surface area contributed by atoms with E-state index in [1.807, 2.05) is 0 Å². The average molecular weight is 786 g/mol. The summed E-state index contributed by atoms with van der Waals surface area (Å²) in [6, 6.07) is 6.50. The number of rotatable bonds is 9. The first-order valence-electron chi connectivity index (χ1n) is 14.9. The minimum atomic E-state index is -5.08. The number of methoxy groups -OCH3 is 1. The normalized spacial score (nSPS) is 23.3. The summed E-state index contributed by atoms with van der Waals surface area (Å²) in [5.74, 6) is -3.72. The Bertz CT molecular complexity index is 1450. The van der Waals surface area contributed by atoms with Gasteiger partial charge in [-0.15, -0.1) is 0 Å². The van der Waals surface area contributed by atoms with E-state index in [2.05, 4.69) is 50.3 Å². The maximum atomic E-state index is 13.5. The maximum absolute atomic E-state index is 13.5. The van der Waals surface area contributed by atoms with Crippen molar-refractivity contribution in [1.29, 1.82) is 0 Å². The summed E-state index contributed by atoms with van der Waals surface area (Å²) in [4.78, 5) is 42.3. The second-order valence-electron chi connectivity index (χ2n) is 11.4. The van der Waals surface area contributed by atoms with Crippen LogP contribution in [0.2, 0.25) is 5.02 Å². The Labute approximate surface area is 292 Å². The molecule has 5 atom stereocenters. The molecule has 6 N–H and O–H groups in total. The Hall–Kier alpha value is -3.10. The molecular formula is C30H37BrClF3N4O10. The van der Waals surface area contributed by atoms with Crippen LogP contribution in [0.5, 0.6) is 5.75 Å². The number of aliphatic carboxylic acids is 1. The lowest BCUT2D eigenvalue weighted by Crippen LogP contribution is -2.60. The number of pyridine rings is 1. The van der Waals surface area contributed by atoms with Crippen molar-refractivity contribution >= 4 is 56.8 Å². The number of halogens is 5. The van der Waals surface area contributed by atoms with E-state index in [0.29, 0.717) is 28.4 Å². The molecule has 272 valence electrons. The van der Waals surface area contributed by atoms with Gasteiger partial charge in [-0.2, -0.15) is 13.2 Å². The highest BCUT2D eigenvalue weighted by Crippen LogP contribution is 2.37. The lowest BCUT2D eigenvalue weighted by Gasteiger charge is -2.40. The number of nitrogens with one attached hydrogen (secondary N) is 2. The van der Waals surface area contributed by atoms with Gasteiger partial charge in [-0.05, 0) is 64.0 Å². The Morgan fingerprint density at radius 3 is 2.27 bits per heavy atom. The molecule has 0 radical (unpaired) electrons. The van der Waals surface area contributed by atoms with Crippen LogP contribution in [0.4, 0.5) is 24.7 Å². The van der Waals surface area contributed by atoms with Crippen molar-refractivity contribution in [3.05, 3.63) is 45.5 Å². The van der Waals surface area contributed by atoms with Crippen LogP contribution in [0.25, 0.3) is 0 Å². The number of carboxylic acid groups (broad SMARTS) is 1. The van der Waals surface area contributed by atoms with Gasteiger partial charge in [0.1, 0.15) is 36.0 Å². The number of amides is 2. The second kappa shape index (κ2) is 17.7. The zero-order chi connectivity index (χ0) is 36.6. The number of aromatic nitrogens is 1. The van der Waals surface area contributed by atoms with Crippen molar-refractivity contribution < 1.29 is 62.2 Å². The van der Waals surface area contributed by atoms with E-state index < -0.39 is 48.8 Å². The standard InChI is InChI=1S/C28H36BrClN4O8.C2HF3O2/c1-14(2)34-8-6-15(7-9-34)26(38)33-22-18(27(39)32-21-5-4-17(30)12-31-21)10-16(29)11-19(22)41-28-25(37)24(36)23(35)20(42-28)13-40-3;3-2(4,5)1(6)7/h4-5,10-12,14-15,20,23-25,28,35-37H,6-9,13H2,1-3H3,(H,33,38)(H,31,32,39);(H,6,7)/t20-,23-,24+,25-,28-;/m1./s1. The molecule has 2 amide bonds. The van der Waals surface area contributed by atoms with Crippen molar-refractivity contribution in [2.45, 2.75) is 69.6 Å². The molecule has 14 nitrogen and oxygen atoms in total. The Morgan fingerprint density at radius 1 is 1.10 bits per heavy atom. The molecular weight excluding hydrogens is 749 g/mol. The van der Waals surface area contributed by atoms with E-state index >= 15 is 0 Å². The molecule has 49 heavy (non-hydrogen) atoms. The number of hydrogen-bond acceptors (Lipinski definition) is 11. The number of aliphatic hydroxyl groups excluding tert-OH is 3. The van der Waals surface area contributed by atoms with Crippen LogP contribution >= 0.6 is 27.5 Å². The molecule has 2 aliphatic rings. The largest absolute Gasteiger partial charge is 0.490 e. The maximum Gasteiger partial charge on any atom is 0.490 e. The van der Waals surface area contributed by atoms with E-state index in [1.54, 1.807) is 6.07 Å². The van der Waals surface area contributed by atoms with Crippen molar-refractivity contribution in [2.24, 2.45) is 5.92 Å². The number of piperidine rings is 1. The highest BCUT2D eigenvalue weighted by atomic mass is 79.9. The Balaban J connectivity index is 0.000000838. The number of nitrogens with zero attached hydrogens (tertiary/aromatic N) is 2. The molecule has 4 rings (SSSR count). The van der Waals surface area contributed by atoms with Gasteiger partial charge in [-0.1, -0.05) is 27.5 Å². The first kappa shape index (κ1) is 40.3. The summed E-state index contributed by atoms with van der Waals surface area (Å²) in [6.45, 7) is 5.67. The lowest BCUT2D eigenvalue weighted by atomic mass is 9.95. The molecule has 2 saturated heterocycles. The zero-order valence-electron chi connectivity index (χ0n) is 26.5. The second-order valence-corrected chi connectivity index (χ2v) is 12.8. The smallest absolute Gasteiger partial charge is 0.475 e. The third-order valence-electron chi connectivity index (χ3n) is 7.64. The van der Waals surface area contributed by atoms with Gasteiger partial charge >= 0.3 is 12.1 Å². The lowest BCUT2D eigenvalue weighted by molar-refractivity contribution is -0.278. The van der Waals surface area contributed by atoms with Crippen LogP contribution in [-0.4, -0.2) is 118 Å². The van der Waals surface area contributed by atoms with Gasteiger partial charge in [-0.25, -0.2) is 9.78 Å².